The van der Waals surface area contributed by atoms with Crippen LogP contribution in [0.2, 0.25) is 0 Å². The molecule has 6 rings (SSSR count). The van der Waals surface area contributed by atoms with Gasteiger partial charge in [-0.05, 0) is 60.5 Å². The number of aromatic nitrogens is 1. The molecule has 1 aliphatic heterocycles. The van der Waals surface area contributed by atoms with Gasteiger partial charge in [0.15, 0.2) is 11.5 Å². The first-order chi connectivity index (χ1) is 20.6. The van der Waals surface area contributed by atoms with E-state index in [9.17, 15) is 9.59 Å². The summed E-state index contributed by atoms with van der Waals surface area (Å²) in [7, 11) is 0. The SMILES string of the molecule is O=C(CCc1ccccc1)Nc1ccc(-c2oc(-c3ccccc3)nc2C(=O)N2CCN(c3ccccc3)CC2)cc1. The molecule has 5 aromatic rings. The molecule has 1 saturated heterocycles. The molecule has 42 heavy (non-hydrogen) atoms. The van der Waals surface area contributed by atoms with Gasteiger partial charge in [-0.3, -0.25) is 9.59 Å². The molecule has 1 fully saturated rings. The molecule has 2 heterocycles. The van der Waals surface area contributed by atoms with Crippen molar-refractivity contribution in [2.24, 2.45) is 0 Å². The first kappa shape index (κ1) is 27.0. The van der Waals surface area contributed by atoms with E-state index in [1.807, 2.05) is 108 Å². The Bertz CT molecular complexity index is 1630. The smallest absolute Gasteiger partial charge is 0.276 e. The van der Waals surface area contributed by atoms with E-state index < -0.39 is 0 Å². The van der Waals surface area contributed by atoms with E-state index in [0.29, 0.717) is 49.0 Å². The van der Waals surface area contributed by atoms with Crippen LogP contribution in [-0.4, -0.2) is 47.9 Å². The molecule has 1 aromatic heterocycles. The van der Waals surface area contributed by atoms with Gasteiger partial charge in [-0.1, -0.05) is 66.7 Å². The van der Waals surface area contributed by atoms with Crippen molar-refractivity contribution in [1.82, 2.24) is 9.88 Å². The van der Waals surface area contributed by atoms with Gasteiger partial charge >= 0.3 is 0 Å². The fourth-order valence-electron chi connectivity index (χ4n) is 5.15. The first-order valence-corrected chi connectivity index (χ1v) is 14.2. The number of benzene rings is 4. The van der Waals surface area contributed by atoms with Gasteiger partial charge in [0.2, 0.25) is 11.8 Å². The highest BCUT2D eigenvalue weighted by atomic mass is 16.4. The van der Waals surface area contributed by atoms with Crippen LogP contribution in [0.15, 0.2) is 120 Å². The van der Waals surface area contributed by atoms with Crippen molar-refractivity contribution in [3.8, 4) is 22.8 Å². The lowest BCUT2D eigenvalue weighted by Gasteiger charge is -2.35. The summed E-state index contributed by atoms with van der Waals surface area (Å²) in [4.78, 5) is 35.2. The van der Waals surface area contributed by atoms with E-state index in [1.165, 1.54) is 0 Å². The Morgan fingerprint density at radius 3 is 2.00 bits per heavy atom. The summed E-state index contributed by atoms with van der Waals surface area (Å²) in [6.45, 7) is 2.67. The zero-order valence-electron chi connectivity index (χ0n) is 23.3. The Kier molecular flexibility index (Phi) is 8.08. The number of amides is 2. The van der Waals surface area contributed by atoms with Crippen LogP contribution in [0.25, 0.3) is 22.8 Å². The Morgan fingerprint density at radius 1 is 0.714 bits per heavy atom. The van der Waals surface area contributed by atoms with E-state index in [4.69, 9.17) is 9.40 Å². The summed E-state index contributed by atoms with van der Waals surface area (Å²) >= 11 is 0. The van der Waals surface area contributed by atoms with Crippen molar-refractivity contribution in [2.75, 3.05) is 36.4 Å². The lowest BCUT2D eigenvalue weighted by Crippen LogP contribution is -2.49. The van der Waals surface area contributed by atoms with E-state index in [1.54, 1.807) is 0 Å². The van der Waals surface area contributed by atoms with Gasteiger partial charge in [0.05, 0.1) is 0 Å². The van der Waals surface area contributed by atoms with E-state index in [-0.39, 0.29) is 11.8 Å². The monoisotopic (exact) mass is 556 g/mol. The number of nitrogens with one attached hydrogen (secondary N) is 1. The molecule has 7 heteroatoms. The van der Waals surface area contributed by atoms with Crippen molar-refractivity contribution >= 4 is 23.2 Å². The molecule has 0 radical (unpaired) electrons. The second-order valence-electron chi connectivity index (χ2n) is 10.3. The zero-order chi connectivity index (χ0) is 28.7. The minimum Gasteiger partial charge on any atom is -0.435 e. The Morgan fingerprint density at radius 2 is 1.33 bits per heavy atom. The average molecular weight is 557 g/mol. The molecule has 2 amide bonds. The number of anilines is 2. The number of carbonyl (C=O) groups excluding carboxylic acids is 2. The number of hydrogen-bond acceptors (Lipinski definition) is 5. The summed E-state index contributed by atoms with van der Waals surface area (Å²) in [5, 5.41) is 2.96. The number of oxazole rings is 1. The fourth-order valence-corrected chi connectivity index (χ4v) is 5.15. The molecule has 0 spiro atoms. The third kappa shape index (κ3) is 6.25. The summed E-state index contributed by atoms with van der Waals surface area (Å²) in [5.74, 6) is 0.617. The molecule has 0 aliphatic carbocycles. The summed E-state index contributed by atoms with van der Waals surface area (Å²) < 4.78 is 6.24. The maximum atomic E-state index is 13.8. The van der Waals surface area contributed by atoms with Crippen LogP contribution < -0.4 is 10.2 Å². The summed E-state index contributed by atoms with van der Waals surface area (Å²) in [6, 6.07) is 37.1. The van der Waals surface area contributed by atoms with Crippen molar-refractivity contribution < 1.29 is 14.0 Å². The van der Waals surface area contributed by atoms with Gasteiger partial charge < -0.3 is 19.5 Å². The Hall–Kier alpha value is -5.17. The highest BCUT2D eigenvalue weighted by Crippen LogP contribution is 2.32. The molecular weight excluding hydrogens is 524 g/mol. The first-order valence-electron chi connectivity index (χ1n) is 14.2. The standard InChI is InChI=1S/C35H32N4O3/c40-31(21-16-26-10-4-1-5-11-26)36-29-19-17-27(18-20-29)33-32(37-34(42-33)28-12-6-2-7-13-28)35(41)39-24-22-38(23-25-39)30-14-8-3-9-15-30/h1-15,17-20H,16,21-25H2,(H,36,40). The highest BCUT2D eigenvalue weighted by Gasteiger charge is 2.29. The van der Waals surface area contributed by atoms with Crippen LogP contribution in [0, 0.1) is 0 Å². The highest BCUT2D eigenvalue weighted by molar-refractivity contribution is 5.99. The Labute approximate surface area is 245 Å². The van der Waals surface area contributed by atoms with Crippen LogP contribution in [0.3, 0.4) is 0 Å². The fraction of sp³-hybridized carbons (Fsp3) is 0.171. The van der Waals surface area contributed by atoms with Crippen molar-refractivity contribution in [3.05, 3.63) is 127 Å². The van der Waals surface area contributed by atoms with Crippen LogP contribution in [0.5, 0.6) is 0 Å². The number of carbonyl (C=O) groups is 2. The predicted octanol–water partition coefficient (Wildman–Crippen LogP) is 6.54. The second-order valence-corrected chi connectivity index (χ2v) is 10.3. The van der Waals surface area contributed by atoms with Gasteiger partial charge in [0.1, 0.15) is 0 Å². The summed E-state index contributed by atoms with van der Waals surface area (Å²) in [5.41, 5.74) is 4.78. The van der Waals surface area contributed by atoms with Crippen LogP contribution >= 0.6 is 0 Å². The number of rotatable bonds is 8. The van der Waals surface area contributed by atoms with Crippen molar-refractivity contribution in [1.29, 1.82) is 0 Å². The van der Waals surface area contributed by atoms with Crippen molar-refractivity contribution in [3.63, 3.8) is 0 Å². The minimum absolute atomic E-state index is 0.0526. The minimum atomic E-state index is -0.151. The number of hydrogen-bond donors (Lipinski definition) is 1. The molecule has 210 valence electrons. The van der Waals surface area contributed by atoms with Gasteiger partial charge in [-0.2, -0.15) is 0 Å². The van der Waals surface area contributed by atoms with Crippen LogP contribution in [0.4, 0.5) is 11.4 Å². The second kappa shape index (κ2) is 12.6. The molecule has 0 atom stereocenters. The molecule has 7 nitrogen and oxygen atoms in total. The largest absolute Gasteiger partial charge is 0.435 e. The third-order valence-corrected chi connectivity index (χ3v) is 7.45. The normalized spacial score (nSPS) is 13.1. The zero-order valence-corrected chi connectivity index (χ0v) is 23.3. The maximum Gasteiger partial charge on any atom is 0.276 e. The van der Waals surface area contributed by atoms with E-state index in [0.717, 1.165) is 35.5 Å². The van der Waals surface area contributed by atoms with Gasteiger partial charge in [0, 0.05) is 55.1 Å². The van der Waals surface area contributed by atoms with E-state index in [2.05, 4.69) is 22.3 Å². The van der Waals surface area contributed by atoms with E-state index >= 15 is 0 Å². The van der Waals surface area contributed by atoms with Gasteiger partial charge in [0.25, 0.3) is 5.91 Å². The Balaban J connectivity index is 1.19. The van der Waals surface area contributed by atoms with Crippen LogP contribution in [0.1, 0.15) is 22.5 Å². The molecule has 0 saturated carbocycles. The number of para-hydroxylation sites is 1. The molecular formula is C35H32N4O3. The molecule has 4 aromatic carbocycles. The maximum absolute atomic E-state index is 13.8. The van der Waals surface area contributed by atoms with Crippen LogP contribution in [-0.2, 0) is 11.2 Å². The number of nitrogens with zero attached hydrogens (tertiary/aromatic N) is 3. The molecule has 1 N–H and O–H groups in total. The molecule has 1 aliphatic rings. The number of aryl methyl sites for hydroxylation is 1. The lowest BCUT2D eigenvalue weighted by molar-refractivity contribution is -0.116. The molecule has 0 unspecified atom stereocenters. The quantitative estimate of drug-likeness (QED) is 0.235. The topological polar surface area (TPSA) is 78.7 Å². The average Bonchev–Trinajstić information content (AvgIpc) is 3.51. The third-order valence-electron chi connectivity index (χ3n) is 7.45. The van der Waals surface area contributed by atoms with Gasteiger partial charge in [-0.25, -0.2) is 4.98 Å². The lowest BCUT2D eigenvalue weighted by atomic mass is 10.1. The molecule has 0 bridgehead atoms. The van der Waals surface area contributed by atoms with Gasteiger partial charge in [-0.15, -0.1) is 0 Å². The van der Waals surface area contributed by atoms with Crippen molar-refractivity contribution in [2.45, 2.75) is 12.8 Å². The number of piperazine rings is 1. The predicted molar refractivity (Wildman–Crippen MR) is 165 cm³/mol. The summed E-state index contributed by atoms with van der Waals surface area (Å²) in [6.07, 6.45) is 1.07.